The van der Waals surface area contributed by atoms with E-state index in [0.717, 1.165) is 35.9 Å². The van der Waals surface area contributed by atoms with Crippen LogP contribution in [0.1, 0.15) is 24.1 Å². The predicted octanol–water partition coefficient (Wildman–Crippen LogP) is 2.78. The smallest absolute Gasteiger partial charge is 0.224 e. The maximum atomic E-state index is 12.8. The van der Waals surface area contributed by atoms with E-state index >= 15 is 0 Å². The molecular weight excluding hydrogens is 313 g/mol. The highest BCUT2D eigenvalue weighted by molar-refractivity contribution is 7.13. The monoisotopic (exact) mass is 333 g/mol. The van der Waals surface area contributed by atoms with E-state index in [2.05, 4.69) is 20.6 Å². The number of rotatable bonds is 6. The quantitative estimate of drug-likeness (QED) is 0.884. The first kappa shape index (κ1) is 15.9. The zero-order chi connectivity index (χ0) is 16.1. The summed E-state index contributed by atoms with van der Waals surface area (Å²) in [5.41, 5.74) is 1.84. The molecule has 2 heterocycles. The van der Waals surface area contributed by atoms with E-state index < -0.39 is 0 Å². The van der Waals surface area contributed by atoms with Crippen LogP contribution >= 0.6 is 11.3 Å². The summed E-state index contributed by atoms with van der Waals surface area (Å²) in [6, 6.07) is 6.02. The molecule has 0 atom stereocenters. The second-order valence-corrected chi connectivity index (χ2v) is 6.56. The van der Waals surface area contributed by atoms with Crippen molar-refractivity contribution in [3.05, 3.63) is 46.7 Å². The van der Waals surface area contributed by atoms with Crippen LogP contribution in [0.15, 0.2) is 29.6 Å². The number of nitrogens with zero attached hydrogens (tertiary/aromatic N) is 2. The first-order valence-electron chi connectivity index (χ1n) is 7.91. The van der Waals surface area contributed by atoms with Gasteiger partial charge in [-0.2, -0.15) is 0 Å². The number of amides is 1. The molecule has 1 aromatic heterocycles. The van der Waals surface area contributed by atoms with E-state index in [0.29, 0.717) is 6.54 Å². The van der Waals surface area contributed by atoms with Gasteiger partial charge in [-0.1, -0.05) is 12.1 Å². The molecule has 2 aromatic rings. The van der Waals surface area contributed by atoms with Gasteiger partial charge in [-0.25, -0.2) is 9.37 Å². The minimum atomic E-state index is -0.286. The van der Waals surface area contributed by atoms with Gasteiger partial charge < -0.3 is 10.2 Å². The van der Waals surface area contributed by atoms with E-state index in [1.54, 1.807) is 23.5 Å². The second-order valence-electron chi connectivity index (χ2n) is 5.72. The lowest BCUT2D eigenvalue weighted by Crippen LogP contribution is -2.27. The maximum Gasteiger partial charge on any atom is 0.224 e. The van der Waals surface area contributed by atoms with Crippen molar-refractivity contribution in [3.63, 3.8) is 0 Å². The molecule has 3 rings (SSSR count). The van der Waals surface area contributed by atoms with Crippen LogP contribution in [0.25, 0.3) is 0 Å². The number of hydrogen-bond donors (Lipinski definition) is 1. The van der Waals surface area contributed by atoms with Crippen molar-refractivity contribution < 1.29 is 9.18 Å². The van der Waals surface area contributed by atoms with Crippen LogP contribution in [0, 0.1) is 5.82 Å². The molecule has 0 saturated carbocycles. The van der Waals surface area contributed by atoms with Crippen LogP contribution in [0.3, 0.4) is 0 Å². The number of nitrogens with one attached hydrogen (secondary N) is 1. The predicted molar refractivity (Wildman–Crippen MR) is 90.4 cm³/mol. The molecule has 1 aromatic carbocycles. The molecular formula is C17H20FN3OS. The average molecular weight is 333 g/mol. The Labute approximate surface area is 139 Å². The lowest BCUT2D eigenvalue weighted by molar-refractivity contribution is -0.120. The summed E-state index contributed by atoms with van der Waals surface area (Å²) >= 11 is 1.68. The molecule has 122 valence electrons. The Kier molecular flexibility index (Phi) is 5.23. The van der Waals surface area contributed by atoms with E-state index in [4.69, 9.17) is 0 Å². The molecule has 4 nitrogen and oxygen atoms in total. The topological polar surface area (TPSA) is 45.2 Å². The highest BCUT2D eigenvalue weighted by Crippen LogP contribution is 2.24. The largest absolute Gasteiger partial charge is 0.355 e. The number of halogens is 1. The summed E-state index contributed by atoms with van der Waals surface area (Å²) < 4.78 is 12.8. The molecule has 1 aliphatic rings. The molecule has 0 bridgehead atoms. The molecule has 1 saturated heterocycles. The number of anilines is 1. The SMILES string of the molecule is O=C(Cc1ccc(F)cc1)NCCc1csc(N2CCCC2)n1. The van der Waals surface area contributed by atoms with E-state index in [1.807, 2.05) is 0 Å². The van der Waals surface area contributed by atoms with Gasteiger partial charge in [-0.15, -0.1) is 11.3 Å². The van der Waals surface area contributed by atoms with Gasteiger partial charge in [0.2, 0.25) is 5.91 Å². The fourth-order valence-corrected chi connectivity index (χ4v) is 3.56. The lowest BCUT2D eigenvalue weighted by atomic mass is 10.1. The Morgan fingerprint density at radius 1 is 1.26 bits per heavy atom. The van der Waals surface area contributed by atoms with Gasteiger partial charge in [0.1, 0.15) is 5.82 Å². The maximum absolute atomic E-state index is 12.8. The number of benzene rings is 1. The minimum absolute atomic E-state index is 0.0494. The van der Waals surface area contributed by atoms with E-state index in [1.165, 1.54) is 25.0 Å². The minimum Gasteiger partial charge on any atom is -0.355 e. The van der Waals surface area contributed by atoms with Crippen LogP contribution in [0.2, 0.25) is 0 Å². The van der Waals surface area contributed by atoms with Gasteiger partial charge in [0.25, 0.3) is 0 Å². The third kappa shape index (κ3) is 4.51. The first-order valence-corrected chi connectivity index (χ1v) is 8.79. The molecule has 6 heteroatoms. The van der Waals surface area contributed by atoms with Gasteiger partial charge in [0.15, 0.2) is 5.13 Å². The number of carbonyl (C=O) groups is 1. The van der Waals surface area contributed by atoms with Crippen molar-refractivity contribution in [1.29, 1.82) is 0 Å². The van der Waals surface area contributed by atoms with Crippen molar-refractivity contribution in [2.75, 3.05) is 24.5 Å². The fourth-order valence-electron chi connectivity index (χ4n) is 2.64. The van der Waals surface area contributed by atoms with E-state index in [-0.39, 0.29) is 18.1 Å². The fraction of sp³-hybridized carbons (Fsp3) is 0.412. The summed E-state index contributed by atoms with van der Waals surface area (Å²) in [5.74, 6) is -0.335. The molecule has 0 aliphatic carbocycles. The Balaban J connectivity index is 1.42. The number of aromatic nitrogens is 1. The van der Waals surface area contributed by atoms with Gasteiger partial charge in [0, 0.05) is 31.4 Å². The normalized spacial score (nSPS) is 14.2. The molecule has 0 spiro atoms. The average Bonchev–Trinajstić information content (AvgIpc) is 3.20. The van der Waals surface area contributed by atoms with Crippen molar-refractivity contribution >= 4 is 22.4 Å². The zero-order valence-electron chi connectivity index (χ0n) is 12.9. The zero-order valence-corrected chi connectivity index (χ0v) is 13.7. The Morgan fingerprint density at radius 3 is 2.74 bits per heavy atom. The molecule has 1 amide bonds. The van der Waals surface area contributed by atoms with E-state index in [9.17, 15) is 9.18 Å². The number of thiazole rings is 1. The van der Waals surface area contributed by atoms with Crippen LogP contribution in [0.4, 0.5) is 9.52 Å². The van der Waals surface area contributed by atoms with Crippen molar-refractivity contribution in [2.45, 2.75) is 25.7 Å². The third-order valence-electron chi connectivity index (χ3n) is 3.90. The van der Waals surface area contributed by atoms with Crippen molar-refractivity contribution in [3.8, 4) is 0 Å². The molecule has 23 heavy (non-hydrogen) atoms. The highest BCUT2D eigenvalue weighted by atomic mass is 32.1. The van der Waals surface area contributed by atoms with Gasteiger partial charge in [-0.05, 0) is 30.5 Å². The lowest BCUT2D eigenvalue weighted by Gasteiger charge is -2.12. The van der Waals surface area contributed by atoms with Crippen molar-refractivity contribution in [2.24, 2.45) is 0 Å². The standard InChI is InChI=1S/C17H20FN3OS/c18-14-5-3-13(4-6-14)11-16(22)19-8-7-15-12-23-17(20-15)21-9-1-2-10-21/h3-6,12H,1-2,7-11H2,(H,19,22). The summed E-state index contributed by atoms with van der Waals surface area (Å²) in [6.07, 6.45) is 3.50. The van der Waals surface area contributed by atoms with Gasteiger partial charge in [0.05, 0.1) is 12.1 Å². The molecule has 1 aliphatic heterocycles. The Hall–Kier alpha value is -1.95. The summed E-state index contributed by atoms with van der Waals surface area (Å²) in [5, 5.41) is 6.05. The highest BCUT2D eigenvalue weighted by Gasteiger charge is 2.15. The molecule has 0 radical (unpaired) electrons. The molecule has 1 N–H and O–H groups in total. The summed E-state index contributed by atoms with van der Waals surface area (Å²) in [6.45, 7) is 2.77. The third-order valence-corrected chi connectivity index (χ3v) is 4.85. The summed E-state index contributed by atoms with van der Waals surface area (Å²) in [7, 11) is 0. The molecule has 1 fully saturated rings. The van der Waals surface area contributed by atoms with Crippen LogP contribution in [-0.4, -0.2) is 30.5 Å². The van der Waals surface area contributed by atoms with Crippen LogP contribution in [-0.2, 0) is 17.6 Å². The summed E-state index contributed by atoms with van der Waals surface area (Å²) in [4.78, 5) is 18.8. The van der Waals surface area contributed by atoms with Crippen molar-refractivity contribution in [1.82, 2.24) is 10.3 Å². The first-order chi connectivity index (χ1) is 11.2. The number of hydrogen-bond acceptors (Lipinski definition) is 4. The van der Waals surface area contributed by atoms with Gasteiger partial charge in [-0.3, -0.25) is 4.79 Å². The number of carbonyl (C=O) groups excluding carboxylic acids is 1. The van der Waals surface area contributed by atoms with Gasteiger partial charge >= 0.3 is 0 Å². The Bertz CT molecular complexity index is 650. The van der Waals surface area contributed by atoms with Crippen LogP contribution < -0.4 is 10.2 Å². The van der Waals surface area contributed by atoms with Crippen LogP contribution in [0.5, 0.6) is 0 Å². The second kappa shape index (κ2) is 7.55. The Morgan fingerprint density at radius 2 is 2.00 bits per heavy atom. The molecule has 0 unspecified atom stereocenters.